The van der Waals surface area contributed by atoms with Crippen LogP contribution in [0.5, 0.6) is 23.0 Å². The number of phenolic OH excluding ortho intramolecular Hbond substituents is 1. The molecular weight excluding hydrogens is 404 g/mol. The van der Waals surface area contributed by atoms with Crippen LogP contribution in [0.4, 0.5) is 0 Å². The van der Waals surface area contributed by atoms with E-state index in [-0.39, 0.29) is 17.7 Å². The topological polar surface area (TPSA) is 80.7 Å². The van der Waals surface area contributed by atoms with Gasteiger partial charge in [0, 0.05) is 29.3 Å². The number of benzene rings is 3. The van der Waals surface area contributed by atoms with Crippen LogP contribution in [0.2, 0.25) is 0 Å². The van der Waals surface area contributed by atoms with Gasteiger partial charge in [0.25, 0.3) is 5.91 Å². The lowest BCUT2D eigenvalue weighted by Crippen LogP contribution is -2.32. The van der Waals surface area contributed by atoms with Crippen molar-refractivity contribution in [2.45, 2.75) is 31.7 Å². The summed E-state index contributed by atoms with van der Waals surface area (Å²) in [6, 6.07) is 16.7. The van der Waals surface area contributed by atoms with E-state index < -0.39 is 0 Å². The number of hydrogen-bond donors (Lipinski definition) is 2. The Morgan fingerprint density at radius 3 is 2.69 bits per heavy atom. The van der Waals surface area contributed by atoms with Crippen LogP contribution in [0.1, 0.15) is 36.0 Å². The Kier molecular flexibility index (Phi) is 5.27. The van der Waals surface area contributed by atoms with Crippen molar-refractivity contribution in [3.8, 4) is 23.0 Å². The predicted molar refractivity (Wildman–Crippen MR) is 124 cm³/mol. The first kappa shape index (κ1) is 20.1. The maximum absolute atomic E-state index is 12.8. The molecule has 0 radical (unpaired) electrons. The molecule has 6 heteroatoms. The molecule has 0 spiro atoms. The van der Waals surface area contributed by atoms with Crippen molar-refractivity contribution in [1.82, 2.24) is 10.3 Å². The molecule has 1 aliphatic carbocycles. The fourth-order valence-electron chi connectivity index (χ4n) is 4.37. The van der Waals surface area contributed by atoms with Gasteiger partial charge < -0.3 is 19.9 Å². The highest BCUT2D eigenvalue weighted by atomic mass is 16.5. The number of ether oxygens (including phenoxy) is 2. The Morgan fingerprint density at radius 1 is 1.03 bits per heavy atom. The van der Waals surface area contributed by atoms with Crippen LogP contribution in [0.15, 0.2) is 60.8 Å². The number of hydrogen-bond acceptors (Lipinski definition) is 5. The van der Waals surface area contributed by atoms with Gasteiger partial charge in [-0.2, -0.15) is 0 Å². The second kappa shape index (κ2) is 8.38. The molecule has 32 heavy (non-hydrogen) atoms. The third-order valence-corrected chi connectivity index (χ3v) is 6.02. The number of pyridine rings is 1. The van der Waals surface area contributed by atoms with Crippen molar-refractivity contribution in [2.24, 2.45) is 0 Å². The number of nitrogens with zero attached hydrogens (tertiary/aromatic N) is 1. The highest BCUT2D eigenvalue weighted by molar-refractivity contribution is 6.07. The van der Waals surface area contributed by atoms with Crippen molar-refractivity contribution < 1.29 is 19.4 Å². The van der Waals surface area contributed by atoms with E-state index >= 15 is 0 Å². The highest BCUT2D eigenvalue weighted by Crippen LogP contribution is 2.37. The summed E-state index contributed by atoms with van der Waals surface area (Å²) in [6.07, 6.45) is 6.11. The molecule has 3 aromatic carbocycles. The number of methoxy groups -OCH3 is 1. The van der Waals surface area contributed by atoms with Gasteiger partial charge in [0.1, 0.15) is 11.5 Å². The minimum Gasteiger partial charge on any atom is -0.504 e. The number of aromatic nitrogens is 1. The number of carbonyl (C=O) groups is 1. The Morgan fingerprint density at radius 2 is 1.88 bits per heavy atom. The molecule has 4 aromatic rings. The Bertz CT molecular complexity index is 1310. The molecule has 1 aromatic heterocycles. The van der Waals surface area contributed by atoms with E-state index in [1.165, 1.54) is 20.0 Å². The zero-order chi connectivity index (χ0) is 22.1. The van der Waals surface area contributed by atoms with Gasteiger partial charge in [-0.1, -0.05) is 25.0 Å². The van der Waals surface area contributed by atoms with Gasteiger partial charge in [-0.05, 0) is 60.0 Å². The number of carbonyl (C=O) groups excluding carboxylic acids is 1. The maximum atomic E-state index is 12.8. The molecule has 6 nitrogen and oxygen atoms in total. The Balaban J connectivity index is 1.46. The standard InChI is InChI=1S/C26H24N2O4/c1-31-25-15-22-21(14-23(25)29)24(11-12-27-22)32-18-9-10-19-16(13-18)5-4-8-20(19)26(30)28-17-6-2-3-7-17/h4-5,8-15,17,29H,2-3,6-7H2,1H3,(H,28,30). The van der Waals surface area contributed by atoms with Gasteiger partial charge in [-0.25, -0.2) is 0 Å². The number of amides is 1. The zero-order valence-corrected chi connectivity index (χ0v) is 17.8. The van der Waals surface area contributed by atoms with Crippen molar-refractivity contribution in [3.63, 3.8) is 0 Å². The molecular formula is C26H24N2O4. The van der Waals surface area contributed by atoms with E-state index in [1.54, 1.807) is 24.4 Å². The van der Waals surface area contributed by atoms with E-state index in [0.29, 0.717) is 33.7 Å². The highest BCUT2D eigenvalue weighted by Gasteiger charge is 2.19. The first-order chi connectivity index (χ1) is 15.6. The summed E-state index contributed by atoms with van der Waals surface area (Å²) in [4.78, 5) is 17.2. The fraction of sp³-hybridized carbons (Fsp3) is 0.231. The number of rotatable bonds is 5. The van der Waals surface area contributed by atoms with Crippen LogP contribution in [0.3, 0.4) is 0 Å². The summed E-state index contributed by atoms with van der Waals surface area (Å²) in [7, 11) is 1.50. The molecule has 1 fully saturated rings. The Hall–Kier alpha value is -3.80. The zero-order valence-electron chi connectivity index (χ0n) is 17.8. The minimum absolute atomic E-state index is 0.0225. The first-order valence-corrected chi connectivity index (χ1v) is 10.8. The molecule has 0 bridgehead atoms. The van der Waals surface area contributed by atoms with Crippen molar-refractivity contribution >= 4 is 27.6 Å². The summed E-state index contributed by atoms with van der Waals surface area (Å²) < 4.78 is 11.3. The fourth-order valence-corrected chi connectivity index (χ4v) is 4.37. The lowest BCUT2D eigenvalue weighted by Gasteiger charge is -2.14. The van der Waals surface area contributed by atoms with Crippen molar-refractivity contribution in [3.05, 3.63) is 66.4 Å². The number of aromatic hydroxyl groups is 1. The van der Waals surface area contributed by atoms with E-state index in [0.717, 1.165) is 23.6 Å². The summed E-state index contributed by atoms with van der Waals surface area (Å²) in [5.41, 5.74) is 1.33. The van der Waals surface area contributed by atoms with Gasteiger partial charge in [-0.15, -0.1) is 0 Å². The number of fused-ring (bicyclic) bond motifs is 2. The lowest BCUT2D eigenvalue weighted by molar-refractivity contribution is 0.0939. The van der Waals surface area contributed by atoms with E-state index in [2.05, 4.69) is 10.3 Å². The monoisotopic (exact) mass is 428 g/mol. The quantitative estimate of drug-likeness (QED) is 0.435. The van der Waals surface area contributed by atoms with Gasteiger partial charge in [0.15, 0.2) is 11.5 Å². The van der Waals surface area contributed by atoms with Crippen molar-refractivity contribution in [2.75, 3.05) is 7.11 Å². The maximum Gasteiger partial charge on any atom is 0.252 e. The molecule has 162 valence electrons. The molecule has 1 aliphatic rings. The molecule has 2 N–H and O–H groups in total. The molecule has 0 saturated heterocycles. The minimum atomic E-state index is -0.0271. The van der Waals surface area contributed by atoms with Gasteiger partial charge in [0.2, 0.25) is 0 Å². The third kappa shape index (κ3) is 3.80. The average Bonchev–Trinajstić information content (AvgIpc) is 3.31. The molecule has 1 heterocycles. The SMILES string of the molecule is COc1cc2nccc(Oc3ccc4c(C(=O)NC5CCCC5)cccc4c3)c2cc1O. The number of phenols is 1. The van der Waals surface area contributed by atoms with Crippen LogP contribution in [-0.4, -0.2) is 29.1 Å². The summed E-state index contributed by atoms with van der Waals surface area (Å²) in [5.74, 6) is 1.56. The van der Waals surface area contributed by atoms with Crippen molar-refractivity contribution in [1.29, 1.82) is 0 Å². The first-order valence-electron chi connectivity index (χ1n) is 10.8. The molecule has 0 aliphatic heterocycles. The largest absolute Gasteiger partial charge is 0.504 e. The summed E-state index contributed by atoms with van der Waals surface area (Å²) in [5, 5.41) is 15.8. The van der Waals surface area contributed by atoms with Gasteiger partial charge in [0.05, 0.1) is 12.6 Å². The molecule has 0 atom stereocenters. The van der Waals surface area contributed by atoms with Crippen LogP contribution >= 0.6 is 0 Å². The van der Waals surface area contributed by atoms with E-state index in [9.17, 15) is 9.90 Å². The van der Waals surface area contributed by atoms with Crippen LogP contribution < -0.4 is 14.8 Å². The molecule has 0 unspecified atom stereocenters. The van der Waals surface area contributed by atoms with Crippen LogP contribution in [0, 0.1) is 0 Å². The van der Waals surface area contributed by atoms with Gasteiger partial charge >= 0.3 is 0 Å². The van der Waals surface area contributed by atoms with E-state index in [4.69, 9.17) is 9.47 Å². The molecule has 1 amide bonds. The molecule has 5 rings (SSSR count). The summed E-state index contributed by atoms with van der Waals surface area (Å²) >= 11 is 0. The number of nitrogens with one attached hydrogen (secondary N) is 1. The Labute approximate surface area is 185 Å². The van der Waals surface area contributed by atoms with Crippen LogP contribution in [0.25, 0.3) is 21.7 Å². The van der Waals surface area contributed by atoms with Crippen LogP contribution in [-0.2, 0) is 0 Å². The second-order valence-corrected chi connectivity index (χ2v) is 8.10. The predicted octanol–water partition coefficient (Wildman–Crippen LogP) is 5.57. The smallest absolute Gasteiger partial charge is 0.252 e. The lowest BCUT2D eigenvalue weighted by atomic mass is 10.0. The third-order valence-electron chi connectivity index (χ3n) is 6.02. The molecule has 1 saturated carbocycles. The average molecular weight is 428 g/mol. The van der Waals surface area contributed by atoms with E-state index in [1.807, 2.05) is 36.4 Å². The second-order valence-electron chi connectivity index (χ2n) is 8.10. The summed E-state index contributed by atoms with van der Waals surface area (Å²) in [6.45, 7) is 0. The van der Waals surface area contributed by atoms with Gasteiger partial charge in [-0.3, -0.25) is 9.78 Å². The normalized spacial score (nSPS) is 14.0.